The topological polar surface area (TPSA) is 107 Å². The van der Waals surface area contributed by atoms with Crippen LogP contribution < -0.4 is 26.9 Å². The van der Waals surface area contributed by atoms with Gasteiger partial charge in [-0.05, 0) is 68.3 Å². The molecule has 1 aromatic heterocycles. The fourth-order valence-electron chi connectivity index (χ4n) is 3.89. The summed E-state index contributed by atoms with van der Waals surface area (Å²) >= 11 is 0. The molecular formula is C25H38N6O. The van der Waals surface area contributed by atoms with Gasteiger partial charge in [0.2, 0.25) is 0 Å². The van der Waals surface area contributed by atoms with Crippen molar-refractivity contribution in [2.24, 2.45) is 23.2 Å². The Morgan fingerprint density at radius 2 is 1.84 bits per heavy atom. The van der Waals surface area contributed by atoms with Crippen LogP contribution in [0.1, 0.15) is 49.7 Å². The first-order valence-electron chi connectivity index (χ1n) is 11.6. The van der Waals surface area contributed by atoms with Crippen LogP contribution in [0.5, 0.6) is 5.75 Å². The third-order valence-corrected chi connectivity index (χ3v) is 6.17. The van der Waals surface area contributed by atoms with Gasteiger partial charge in [-0.25, -0.2) is 5.84 Å². The van der Waals surface area contributed by atoms with Crippen LogP contribution in [-0.4, -0.2) is 36.7 Å². The summed E-state index contributed by atoms with van der Waals surface area (Å²) in [5.41, 5.74) is 15.2. The van der Waals surface area contributed by atoms with E-state index in [0.717, 1.165) is 36.7 Å². The van der Waals surface area contributed by atoms with Crippen molar-refractivity contribution in [1.82, 2.24) is 9.99 Å². The van der Waals surface area contributed by atoms with Crippen LogP contribution in [-0.2, 0) is 6.54 Å². The standard InChI is InChI=1S/C20H27N5O.C5H11N/c1-26-19-11-17(12-23-13-19)20(21)15-25(22)14-16-5-7-18(8-6-16)24-9-3-2-4-10-24;6-4-5-2-1-3-5/h5-8,11-13,15H,2-4,9-10,14,21-22H2,1H3;5H,1-4,6H2/b20-15-;. The molecule has 2 aliphatic rings. The van der Waals surface area contributed by atoms with Crippen molar-refractivity contribution in [3.05, 3.63) is 60.1 Å². The number of ether oxygens (including phenoxy) is 1. The van der Waals surface area contributed by atoms with Gasteiger partial charge in [-0.1, -0.05) is 18.6 Å². The Kier molecular flexibility index (Phi) is 9.19. The van der Waals surface area contributed by atoms with Gasteiger partial charge in [-0.2, -0.15) is 0 Å². The average Bonchev–Trinajstić information content (AvgIpc) is 2.80. The molecule has 174 valence electrons. The van der Waals surface area contributed by atoms with E-state index in [9.17, 15) is 0 Å². The Bertz CT molecular complexity index is 841. The van der Waals surface area contributed by atoms with Crippen LogP contribution in [0.3, 0.4) is 0 Å². The van der Waals surface area contributed by atoms with Crippen LogP contribution in [0, 0.1) is 5.92 Å². The highest BCUT2D eigenvalue weighted by molar-refractivity contribution is 5.62. The maximum atomic E-state index is 6.13. The van der Waals surface area contributed by atoms with Crippen LogP contribution in [0.25, 0.3) is 5.70 Å². The van der Waals surface area contributed by atoms with Crippen molar-refractivity contribution >= 4 is 11.4 Å². The second-order valence-corrected chi connectivity index (χ2v) is 8.62. The van der Waals surface area contributed by atoms with Gasteiger partial charge >= 0.3 is 0 Å². The van der Waals surface area contributed by atoms with E-state index in [4.69, 9.17) is 22.0 Å². The second kappa shape index (κ2) is 12.3. The number of pyridine rings is 1. The predicted molar refractivity (Wildman–Crippen MR) is 132 cm³/mol. The summed E-state index contributed by atoms with van der Waals surface area (Å²) in [4.78, 5) is 6.56. The van der Waals surface area contributed by atoms with E-state index >= 15 is 0 Å². The first kappa shape index (κ1) is 23.9. The fourth-order valence-corrected chi connectivity index (χ4v) is 3.89. The number of benzene rings is 1. The van der Waals surface area contributed by atoms with Gasteiger partial charge < -0.3 is 26.1 Å². The zero-order chi connectivity index (χ0) is 22.8. The minimum absolute atomic E-state index is 0.545. The van der Waals surface area contributed by atoms with Crippen molar-refractivity contribution in [3.63, 3.8) is 0 Å². The Hall–Kier alpha value is -2.77. The van der Waals surface area contributed by atoms with Crippen molar-refractivity contribution < 1.29 is 4.74 Å². The number of rotatable bonds is 7. The van der Waals surface area contributed by atoms with Gasteiger partial charge in [-0.3, -0.25) is 4.98 Å². The number of methoxy groups -OCH3 is 1. The molecule has 1 saturated carbocycles. The number of hydrogen-bond acceptors (Lipinski definition) is 7. The van der Waals surface area contributed by atoms with Crippen molar-refractivity contribution in [2.45, 2.75) is 45.1 Å². The third kappa shape index (κ3) is 7.14. The summed E-state index contributed by atoms with van der Waals surface area (Å²) in [6.45, 7) is 3.80. The largest absolute Gasteiger partial charge is 0.495 e. The summed E-state index contributed by atoms with van der Waals surface area (Å²) in [5.74, 6) is 7.67. The van der Waals surface area contributed by atoms with Gasteiger partial charge in [0.25, 0.3) is 0 Å². The molecule has 0 amide bonds. The van der Waals surface area contributed by atoms with E-state index in [0.29, 0.717) is 18.0 Å². The van der Waals surface area contributed by atoms with E-state index in [2.05, 4.69) is 34.1 Å². The maximum Gasteiger partial charge on any atom is 0.137 e. The number of hydrazine groups is 1. The predicted octanol–water partition coefficient (Wildman–Crippen LogP) is 3.46. The van der Waals surface area contributed by atoms with E-state index in [1.165, 1.54) is 44.2 Å². The molecule has 0 bridgehead atoms. The summed E-state index contributed by atoms with van der Waals surface area (Å²) in [6.07, 6.45) is 13.1. The lowest BCUT2D eigenvalue weighted by Crippen LogP contribution is -2.29. The Labute approximate surface area is 192 Å². The van der Waals surface area contributed by atoms with Crippen LogP contribution >= 0.6 is 0 Å². The molecule has 2 aromatic rings. The van der Waals surface area contributed by atoms with E-state index in [1.807, 2.05) is 6.07 Å². The lowest BCUT2D eigenvalue weighted by Gasteiger charge is -2.29. The zero-order valence-corrected chi connectivity index (χ0v) is 19.2. The van der Waals surface area contributed by atoms with Crippen molar-refractivity contribution in [1.29, 1.82) is 0 Å². The van der Waals surface area contributed by atoms with Crippen LogP contribution in [0.4, 0.5) is 5.69 Å². The highest BCUT2D eigenvalue weighted by atomic mass is 16.5. The lowest BCUT2D eigenvalue weighted by molar-refractivity contribution is 0.325. The number of nitrogens with zero attached hydrogens (tertiary/aromatic N) is 3. The number of hydrogen-bond donors (Lipinski definition) is 3. The van der Waals surface area contributed by atoms with Crippen LogP contribution in [0.2, 0.25) is 0 Å². The monoisotopic (exact) mass is 438 g/mol. The molecule has 1 aromatic carbocycles. The molecule has 1 aliphatic carbocycles. The smallest absolute Gasteiger partial charge is 0.137 e. The molecule has 1 saturated heterocycles. The van der Waals surface area contributed by atoms with Gasteiger partial charge in [0.1, 0.15) is 5.75 Å². The first-order chi connectivity index (χ1) is 15.6. The number of piperidine rings is 1. The van der Waals surface area contributed by atoms with Crippen molar-refractivity contribution in [3.8, 4) is 5.75 Å². The lowest BCUT2D eigenvalue weighted by atomic mass is 9.86. The molecule has 0 radical (unpaired) electrons. The normalized spacial score (nSPS) is 16.6. The van der Waals surface area contributed by atoms with Crippen molar-refractivity contribution in [2.75, 3.05) is 31.6 Å². The minimum Gasteiger partial charge on any atom is -0.495 e. The highest BCUT2D eigenvalue weighted by Gasteiger charge is 2.14. The molecule has 1 aliphatic heterocycles. The Balaban J connectivity index is 0.000000416. The van der Waals surface area contributed by atoms with E-state index < -0.39 is 0 Å². The van der Waals surface area contributed by atoms with Gasteiger partial charge in [0.05, 0.1) is 25.5 Å². The summed E-state index contributed by atoms with van der Waals surface area (Å²) in [7, 11) is 1.60. The van der Waals surface area contributed by atoms with Gasteiger partial charge in [0.15, 0.2) is 0 Å². The molecule has 7 nitrogen and oxygen atoms in total. The van der Waals surface area contributed by atoms with Gasteiger partial charge in [0, 0.05) is 36.7 Å². The summed E-state index contributed by atoms with van der Waals surface area (Å²) < 4.78 is 5.17. The molecule has 32 heavy (non-hydrogen) atoms. The molecule has 2 fully saturated rings. The number of aromatic nitrogens is 1. The first-order valence-corrected chi connectivity index (χ1v) is 11.6. The Morgan fingerprint density at radius 3 is 2.41 bits per heavy atom. The maximum absolute atomic E-state index is 6.13. The Morgan fingerprint density at radius 1 is 1.12 bits per heavy atom. The van der Waals surface area contributed by atoms with Crippen LogP contribution in [0.15, 0.2) is 48.9 Å². The molecule has 2 heterocycles. The molecular weight excluding hydrogens is 400 g/mol. The number of nitrogens with two attached hydrogens (primary N) is 3. The number of anilines is 1. The zero-order valence-electron chi connectivity index (χ0n) is 19.2. The van der Waals surface area contributed by atoms with Gasteiger partial charge in [-0.15, -0.1) is 0 Å². The average molecular weight is 439 g/mol. The fraction of sp³-hybridized carbons (Fsp3) is 0.480. The molecule has 6 N–H and O–H groups in total. The summed E-state index contributed by atoms with van der Waals surface area (Å²) in [5, 5.41) is 1.59. The molecule has 0 unspecified atom stereocenters. The quantitative estimate of drug-likeness (QED) is 0.449. The van der Waals surface area contributed by atoms with E-state index in [-0.39, 0.29) is 0 Å². The summed E-state index contributed by atoms with van der Waals surface area (Å²) in [6, 6.07) is 10.4. The third-order valence-electron chi connectivity index (χ3n) is 6.17. The molecule has 0 atom stereocenters. The molecule has 0 spiro atoms. The minimum atomic E-state index is 0.545. The van der Waals surface area contributed by atoms with E-state index in [1.54, 1.807) is 30.7 Å². The highest BCUT2D eigenvalue weighted by Crippen LogP contribution is 2.24. The molecule has 7 heteroatoms. The molecule has 4 rings (SSSR count). The second-order valence-electron chi connectivity index (χ2n) is 8.62. The SMILES string of the molecule is COc1cncc(/C(N)=C/N(N)Cc2ccc(N3CCCCC3)cc2)c1.NCC1CCC1.